The number of hydrogen-bond donors (Lipinski definition) is 2. The number of amides is 1. The second kappa shape index (κ2) is 6.48. The van der Waals surface area contributed by atoms with Crippen LogP contribution in [0, 0.1) is 13.8 Å². The van der Waals surface area contributed by atoms with Crippen LogP contribution in [0.4, 0.5) is 0 Å². The molecule has 1 aromatic heterocycles. The fourth-order valence-corrected chi connectivity index (χ4v) is 2.86. The van der Waals surface area contributed by atoms with Crippen molar-refractivity contribution in [3.8, 4) is 0 Å². The van der Waals surface area contributed by atoms with Crippen LogP contribution < -0.4 is 5.32 Å². The van der Waals surface area contributed by atoms with Crippen LogP contribution in [-0.2, 0) is 14.6 Å². The van der Waals surface area contributed by atoms with Crippen LogP contribution in [0.1, 0.15) is 33.3 Å². The van der Waals surface area contributed by atoms with E-state index < -0.39 is 27.8 Å². The molecule has 0 bridgehead atoms. The molecule has 8 heteroatoms. The average molecular weight is 351 g/mol. The van der Waals surface area contributed by atoms with Gasteiger partial charge in [0, 0.05) is 6.26 Å². The van der Waals surface area contributed by atoms with Gasteiger partial charge in [-0.25, -0.2) is 13.2 Å². The Labute approximate surface area is 139 Å². The third-order valence-electron chi connectivity index (χ3n) is 3.27. The Bertz CT molecular complexity index is 877. The average Bonchev–Trinajstić information content (AvgIpc) is 2.92. The molecule has 0 aliphatic heterocycles. The van der Waals surface area contributed by atoms with Crippen LogP contribution >= 0.6 is 0 Å². The molecule has 1 atom stereocenters. The highest BCUT2D eigenvalue weighted by atomic mass is 32.2. The number of nitrogens with one attached hydrogen (secondary N) is 1. The molecule has 2 rings (SSSR count). The molecule has 0 radical (unpaired) electrons. The molecule has 2 aromatic rings. The van der Waals surface area contributed by atoms with Gasteiger partial charge < -0.3 is 14.8 Å². The summed E-state index contributed by atoms with van der Waals surface area (Å²) in [6.07, 6.45) is 0.948. The molecule has 0 fully saturated rings. The Morgan fingerprint density at radius 1 is 1.12 bits per heavy atom. The van der Waals surface area contributed by atoms with Gasteiger partial charge in [0.25, 0.3) is 5.91 Å². The van der Waals surface area contributed by atoms with Crippen molar-refractivity contribution in [1.82, 2.24) is 5.32 Å². The molecular formula is C16H17NO6S. The first-order chi connectivity index (χ1) is 11.1. The fourth-order valence-electron chi connectivity index (χ4n) is 2.31. The number of carbonyl (C=O) groups is 2. The summed E-state index contributed by atoms with van der Waals surface area (Å²) in [5.74, 6) is -2.31. The minimum Gasteiger partial charge on any atom is -0.479 e. The number of carboxylic acid groups (broad SMARTS) is 1. The zero-order chi connectivity index (χ0) is 18.1. The molecule has 7 nitrogen and oxygen atoms in total. The zero-order valence-corrected chi connectivity index (χ0v) is 14.2. The summed E-state index contributed by atoms with van der Waals surface area (Å²) in [5, 5.41) is 11.4. The topological polar surface area (TPSA) is 114 Å². The Balaban J connectivity index is 2.29. The molecule has 2 N–H and O–H groups in total. The molecule has 0 spiro atoms. The number of carbonyl (C=O) groups excluding carboxylic acids is 1. The first-order valence-corrected chi connectivity index (χ1v) is 8.89. The Hall–Kier alpha value is -2.61. The predicted molar refractivity (Wildman–Crippen MR) is 85.6 cm³/mol. The molecular weight excluding hydrogens is 334 g/mol. The maximum atomic E-state index is 12.2. The first-order valence-electron chi connectivity index (χ1n) is 6.99. The number of carboxylic acids is 1. The van der Waals surface area contributed by atoms with Gasteiger partial charge in [0.1, 0.15) is 0 Å². The van der Waals surface area contributed by atoms with Gasteiger partial charge in [0.05, 0.1) is 0 Å². The highest BCUT2D eigenvalue weighted by molar-refractivity contribution is 7.90. The smallest absolute Gasteiger partial charge is 0.330 e. The van der Waals surface area contributed by atoms with Crippen molar-refractivity contribution < 1.29 is 27.5 Å². The molecule has 0 saturated heterocycles. The first kappa shape index (κ1) is 17.7. The van der Waals surface area contributed by atoms with Crippen LogP contribution in [0.25, 0.3) is 0 Å². The summed E-state index contributed by atoms with van der Waals surface area (Å²) >= 11 is 0. The highest BCUT2D eigenvalue weighted by Gasteiger charge is 2.25. The van der Waals surface area contributed by atoms with Crippen molar-refractivity contribution in [3.05, 3.63) is 52.8 Å². The van der Waals surface area contributed by atoms with Crippen molar-refractivity contribution in [3.63, 3.8) is 0 Å². The second-order valence-electron chi connectivity index (χ2n) is 5.56. The molecule has 0 aliphatic rings. The summed E-state index contributed by atoms with van der Waals surface area (Å²) in [5.41, 5.74) is 2.15. The van der Waals surface area contributed by atoms with Crippen molar-refractivity contribution in [2.45, 2.75) is 25.0 Å². The van der Waals surface area contributed by atoms with Crippen LogP contribution in [0.3, 0.4) is 0 Å². The van der Waals surface area contributed by atoms with E-state index in [2.05, 4.69) is 5.32 Å². The van der Waals surface area contributed by atoms with Crippen LogP contribution in [0.15, 0.2) is 39.8 Å². The number of aryl methyl sites for hydroxylation is 2. The molecule has 1 unspecified atom stereocenters. The lowest BCUT2D eigenvalue weighted by Crippen LogP contribution is -2.33. The molecule has 1 aromatic carbocycles. The number of furan rings is 1. The van der Waals surface area contributed by atoms with Crippen LogP contribution in [-0.4, -0.2) is 31.7 Å². The van der Waals surface area contributed by atoms with Crippen molar-refractivity contribution >= 4 is 21.7 Å². The number of hydrogen-bond acceptors (Lipinski definition) is 5. The van der Waals surface area contributed by atoms with Crippen LogP contribution in [0.5, 0.6) is 0 Å². The summed E-state index contributed by atoms with van der Waals surface area (Å²) in [6.45, 7) is 3.64. The maximum Gasteiger partial charge on any atom is 0.330 e. The minimum absolute atomic E-state index is 0.272. The van der Waals surface area contributed by atoms with Gasteiger partial charge >= 0.3 is 5.97 Å². The van der Waals surface area contributed by atoms with Crippen molar-refractivity contribution in [2.75, 3.05) is 6.26 Å². The van der Waals surface area contributed by atoms with E-state index in [1.54, 1.807) is 12.1 Å². The summed E-state index contributed by atoms with van der Waals surface area (Å²) in [6, 6.07) is 6.27. The van der Waals surface area contributed by atoms with E-state index in [9.17, 15) is 23.1 Å². The monoisotopic (exact) mass is 351 g/mol. The van der Waals surface area contributed by atoms with E-state index in [1.165, 1.54) is 6.07 Å². The van der Waals surface area contributed by atoms with Gasteiger partial charge in [0.2, 0.25) is 14.9 Å². The largest absolute Gasteiger partial charge is 0.479 e. The molecule has 1 amide bonds. The lowest BCUT2D eigenvalue weighted by atomic mass is 10.0. The molecule has 0 saturated carbocycles. The van der Waals surface area contributed by atoms with E-state index in [-0.39, 0.29) is 10.9 Å². The molecule has 128 valence electrons. The standard InChI is InChI=1S/C16H17NO6S/c1-9-6-10(2)8-11(7-9)14(16(19)20)17-15(18)12-4-5-13(23-12)24(3,21)22/h4-8,14H,1-3H3,(H,17,18)(H,19,20). The second-order valence-corrected chi connectivity index (χ2v) is 7.50. The molecule has 24 heavy (non-hydrogen) atoms. The van der Waals surface area contributed by atoms with Gasteiger partial charge in [-0.3, -0.25) is 4.79 Å². The Morgan fingerprint density at radius 3 is 2.17 bits per heavy atom. The maximum absolute atomic E-state index is 12.2. The summed E-state index contributed by atoms with van der Waals surface area (Å²) in [7, 11) is -3.59. The predicted octanol–water partition coefficient (Wildman–Crippen LogP) is 1.86. The van der Waals surface area contributed by atoms with E-state index >= 15 is 0 Å². The number of rotatable bonds is 5. The molecule has 0 aliphatic carbocycles. The highest BCUT2D eigenvalue weighted by Crippen LogP contribution is 2.19. The van der Waals surface area contributed by atoms with Gasteiger partial charge in [-0.15, -0.1) is 0 Å². The number of aliphatic carboxylic acids is 1. The Morgan fingerprint density at radius 2 is 1.71 bits per heavy atom. The Kier molecular flexibility index (Phi) is 4.79. The van der Waals surface area contributed by atoms with Gasteiger partial charge in [-0.2, -0.15) is 0 Å². The number of sulfone groups is 1. The van der Waals surface area contributed by atoms with E-state index in [0.29, 0.717) is 5.56 Å². The third kappa shape index (κ3) is 4.02. The molecule has 1 heterocycles. The van der Waals surface area contributed by atoms with Gasteiger partial charge in [0.15, 0.2) is 11.8 Å². The fraction of sp³-hybridized carbons (Fsp3) is 0.250. The quantitative estimate of drug-likeness (QED) is 0.850. The van der Waals surface area contributed by atoms with Crippen molar-refractivity contribution in [1.29, 1.82) is 0 Å². The van der Waals surface area contributed by atoms with Crippen molar-refractivity contribution in [2.24, 2.45) is 0 Å². The lowest BCUT2D eigenvalue weighted by Gasteiger charge is -2.15. The normalized spacial score (nSPS) is 12.6. The van der Waals surface area contributed by atoms with E-state index in [0.717, 1.165) is 23.4 Å². The lowest BCUT2D eigenvalue weighted by molar-refractivity contribution is -0.139. The SMILES string of the molecule is Cc1cc(C)cc(C(NC(=O)c2ccc(S(C)(=O)=O)o2)C(=O)O)c1. The minimum atomic E-state index is -3.59. The van der Waals surface area contributed by atoms with Gasteiger partial charge in [-0.1, -0.05) is 29.3 Å². The van der Waals surface area contributed by atoms with E-state index in [1.807, 2.05) is 19.9 Å². The van der Waals surface area contributed by atoms with E-state index in [4.69, 9.17) is 4.42 Å². The number of benzene rings is 1. The van der Waals surface area contributed by atoms with Crippen LogP contribution in [0.2, 0.25) is 0 Å². The third-order valence-corrected chi connectivity index (χ3v) is 4.22. The zero-order valence-electron chi connectivity index (χ0n) is 13.4. The summed E-state index contributed by atoms with van der Waals surface area (Å²) in [4.78, 5) is 23.7. The summed E-state index contributed by atoms with van der Waals surface area (Å²) < 4.78 is 27.7. The van der Waals surface area contributed by atoms with Gasteiger partial charge in [-0.05, 0) is 31.5 Å².